The van der Waals surface area contributed by atoms with Crippen LogP contribution in [0.1, 0.15) is 38.8 Å². The Bertz CT molecular complexity index is 1390. The maximum atomic E-state index is 13.0. The fraction of sp³-hybridized carbons (Fsp3) is 0.250. The number of aryl methyl sites for hydroxylation is 1. The Balaban J connectivity index is 0.000000728. The third-order valence-electron chi connectivity index (χ3n) is 5.54. The molecule has 33 heavy (non-hydrogen) atoms. The lowest BCUT2D eigenvalue weighted by molar-refractivity contribution is -0.114. The highest BCUT2D eigenvalue weighted by Gasteiger charge is 2.24. The molecule has 0 saturated carbocycles. The minimum absolute atomic E-state index is 0.119. The molecule has 1 amide bonds. The van der Waals surface area contributed by atoms with Gasteiger partial charge in [0.1, 0.15) is 0 Å². The van der Waals surface area contributed by atoms with Crippen LogP contribution in [0.25, 0.3) is 27.5 Å². The molecule has 170 valence electrons. The van der Waals surface area contributed by atoms with Gasteiger partial charge >= 0.3 is 0 Å². The second-order valence-corrected chi connectivity index (χ2v) is 7.35. The first-order valence-corrected chi connectivity index (χ1v) is 11.6. The number of aromatic nitrogens is 2. The van der Waals surface area contributed by atoms with Crippen molar-refractivity contribution < 1.29 is 4.79 Å². The molecule has 3 heterocycles. The number of pyridine rings is 2. The van der Waals surface area contributed by atoms with Gasteiger partial charge in [-0.05, 0) is 55.3 Å². The maximum absolute atomic E-state index is 13.0. The smallest absolute Gasteiger partial charge is 0.255 e. The van der Waals surface area contributed by atoms with Crippen molar-refractivity contribution in [3.8, 4) is 5.69 Å². The molecule has 0 saturated heterocycles. The normalized spacial score (nSPS) is 11.8. The largest absolute Gasteiger partial charge is 0.308 e. The van der Waals surface area contributed by atoms with Crippen LogP contribution in [-0.4, -0.2) is 22.0 Å². The third kappa shape index (κ3) is 4.31. The fourth-order valence-electron chi connectivity index (χ4n) is 4.13. The Kier molecular flexibility index (Phi) is 7.44. The summed E-state index contributed by atoms with van der Waals surface area (Å²) in [6.07, 6.45) is 3.92. The Hall–Kier alpha value is -3.73. The first-order valence-electron chi connectivity index (χ1n) is 11.6. The zero-order valence-corrected chi connectivity index (χ0v) is 20.1. The molecule has 0 spiro atoms. The summed E-state index contributed by atoms with van der Waals surface area (Å²) in [7, 11) is 0. The van der Waals surface area contributed by atoms with Gasteiger partial charge in [-0.15, -0.1) is 0 Å². The number of fused-ring (bicyclic) bond motifs is 4. The van der Waals surface area contributed by atoms with Gasteiger partial charge in [0.05, 0.1) is 16.7 Å². The summed E-state index contributed by atoms with van der Waals surface area (Å²) in [5, 5.41) is 1.82. The molecule has 5 nitrogen and oxygen atoms in total. The third-order valence-corrected chi connectivity index (χ3v) is 5.54. The van der Waals surface area contributed by atoms with Crippen molar-refractivity contribution in [3.63, 3.8) is 0 Å². The molecule has 0 radical (unpaired) electrons. The Morgan fingerprint density at radius 1 is 1.03 bits per heavy atom. The van der Waals surface area contributed by atoms with Crippen LogP contribution in [0.3, 0.4) is 0 Å². The number of nitrogens with zero attached hydrogens (tertiary/aromatic N) is 3. The van der Waals surface area contributed by atoms with Gasteiger partial charge in [-0.3, -0.25) is 19.1 Å². The van der Waals surface area contributed by atoms with Gasteiger partial charge in [0, 0.05) is 35.3 Å². The molecule has 0 bridgehead atoms. The molecule has 0 aliphatic carbocycles. The van der Waals surface area contributed by atoms with Gasteiger partial charge in [-0.25, -0.2) is 0 Å². The summed E-state index contributed by atoms with van der Waals surface area (Å²) < 4.78 is 1.72. The second kappa shape index (κ2) is 10.3. The molecular weight excluding hydrogens is 410 g/mol. The number of amides is 1. The number of carbonyl (C=O) groups is 1. The minimum Gasteiger partial charge on any atom is -0.308 e. The van der Waals surface area contributed by atoms with Crippen LogP contribution in [0.4, 0.5) is 5.69 Å². The first-order chi connectivity index (χ1) is 16.1. The standard InChI is InChI=1S/C24H19N3O2.2C2H6/c1-3-22(28)26-11-10-16-5-7-18(13-21(16)26)27-23(29)9-6-17-14-25-20-8-4-15(2)12-19(20)24(17)27;2*1-2/h3-9,12-14H,1,10-11H2,2H3;2*1-2H3. The van der Waals surface area contributed by atoms with Crippen molar-refractivity contribution in [2.45, 2.75) is 41.0 Å². The van der Waals surface area contributed by atoms with E-state index in [9.17, 15) is 9.59 Å². The van der Waals surface area contributed by atoms with Crippen LogP contribution in [0.5, 0.6) is 0 Å². The molecule has 0 fully saturated rings. The van der Waals surface area contributed by atoms with E-state index in [0.717, 1.165) is 50.7 Å². The Labute approximate surface area is 195 Å². The molecule has 0 N–H and O–H groups in total. The number of benzene rings is 2. The monoisotopic (exact) mass is 441 g/mol. The van der Waals surface area contributed by atoms with Crippen molar-refractivity contribution in [2.24, 2.45) is 0 Å². The topological polar surface area (TPSA) is 55.2 Å². The lowest BCUT2D eigenvalue weighted by Gasteiger charge is -2.18. The molecule has 5 rings (SSSR count). The number of hydrogen-bond acceptors (Lipinski definition) is 3. The maximum Gasteiger partial charge on any atom is 0.255 e. The molecule has 0 atom stereocenters. The number of rotatable bonds is 2. The van der Waals surface area contributed by atoms with Crippen molar-refractivity contribution >= 4 is 33.4 Å². The van der Waals surface area contributed by atoms with Crippen LogP contribution in [-0.2, 0) is 11.2 Å². The molecule has 1 aliphatic rings. The van der Waals surface area contributed by atoms with E-state index in [1.54, 1.807) is 21.7 Å². The predicted molar refractivity (Wildman–Crippen MR) is 139 cm³/mol. The summed E-state index contributed by atoms with van der Waals surface area (Å²) in [6.45, 7) is 14.3. The summed E-state index contributed by atoms with van der Waals surface area (Å²) in [5.74, 6) is -0.128. The van der Waals surface area contributed by atoms with E-state index in [1.807, 2.05) is 71.0 Å². The fourth-order valence-corrected chi connectivity index (χ4v) is 4.13. The van der Waals surface area contributed by atoms with E-state index in [1.165, 1.54) is 6.08 Å². The molecule has 1 aliphatic heterocycles. The number of anilines is 1. The van der Waals surface area contributed by atoms with Crippen LogP contribution in [0.2, 0.25) is 0 Å². The van der Waals surface area contributed by atoms with Gasteiger partial charge in [-0.2, -0.15) is 0 Å². The van der Waals surface area contributed by atoms with Gasteiger partial charge in [0.15, 0.2) is 0 Å². The molecule has 4 aromatic rings. The van der Waals surface area contributed by atoms with E-state index in [2.05, 4.69) is 17.6 Å². The van der Waals surface area contributed by atoms with Gasteiger partial charge in [-0.1, -0.05) is 52.0 Å². The molecule has 0 unspecified atom stereocenters. The number of carbonyl (C=O) groups excluding carboxylic acids is 1. The average molecular weight is 442 g/mol. The summed E-state index contributed by atoms with van der Waals surface area (Å²) >= 11 is 0. The van der Waals surface area contributed by atoms with Gasteiger partial charge in [0.2, 0.25) is 5.91 Å². The van der Waals surface area contributed by atoms with Crippen LogP contribution in [0.15, 0.2) is 72.2 Å². The van der Waals surface area contributed by atoms with Crippen molar-refractivity contribution in [2.75, 3.05) is 11.4 Å². The average Bonchev–Trinajstić information content (AvgIpc) is 3.29. The van der Waals surface area contributed by atoms with Crippen LogP contribution >= 0.6 is 0 Å². The second-order valence-electron chi connectivity index (χ2n) is 7.35. The van der Waals surface area contributed by atoms with Crippen LogP contribution in [0, 0.1) is 6.92 Å². The van der Waals surface area contributed by atoms with E-state index in [4.69, 9.17) is 0 Å². The SMILES string of the molecule is C=CC(=O)N1CCc2ccc(-n3c(=O)ccc4cnc5ccc(C)cc5c43)cc21.CC.CC. The number of hydrogen-bond donors (Lipinski definition) is 0. The highest BCUT2D eigenvalue weighted by atomic mass is 16.2. The van der Waals surface area contributed by atoms with Crippen LogP contribution < -0.4 is 10.5 Å². The molecular formula is C28H31N3O2. The Morgan fingerprint density at radius 2 is 1.79 bits per heavy atom. The lowest BCUT2D eigenvalue weighted by Crippen LogP contribution is -2.27. The molecule has 2 aromatic heterocycles. The Morgan fingerprint density at radius 3 is 2.52 bits per heavy atom. The highest BCUT2D eigenvalue weighted by Crippen LogP contribution is 2.32. The van der Waals surface area contributed by atoms with Gasteiger partial charge in [0.25, 0.3) is 5.56 Å². The highest BCUT2D eigenvalue weighted by molar-refractivity contribution is 6.05. The van der Waals surface area contributed by atoms with E-state index in [-0.39, 0.29) is 11.5 Å². The van der Waals surface area contributed by atoms with Crippen molar-refractivity contribution in [1.29, 1.82) is 0 Å². The molecule has 5 heteroatoms. The summed E-state index contributed by atoms with van der Waals surface area (Å²) in [6, 6.07) is 15.3. The quantitative estimate of drug-likeness (QED) is 0.284. The predicted octanol–water partition coefficient (Wildman–Crippen LogP) is 5.97. The van der Waals surface area contributed by atoms with E-state index < -0.39 is 0 Å². The zero-order valence-electron chi connectivity index (χ0n) is 20.1. The van der Waals surface area contributed by atoms with E-state index >= 15 is 0 Å². The summed E-state index contributed by atoms with van der Waals surface area (Å²) in [4.78, 5) is 31.5. The first kappa shape index (κ1) is 23.9. The molecule has 2 aromatic carbocycles. The van der Waals surface area contributed by atoms with Crippen molar-refractivity contribution in [1.82, 2.24) is 9.55 Å². The zero-order chi connectivity index (χ0) is 24.1. The van der Waals surface area contributed by atoms with E-state index in [0.29, 0.717) is 6.54 Å². The van der Waals surface area contributed by atoms with Crippen molar-refractivity contribution in [3.05, 3.63) is 88.9 Å². The lowest BCUT2D eigenvalue weighted by atomic mass is 10.1. The summed E-state index contributed by atoms with van der Waals surface area (Å²) in [5.41, 5.74) is 5.32. The minimum atomic E-state index is -0.128. The van der Waals surface area contributed by atoms with Gasteiger partial charge < -0.3 is 4.90 Å².